The first-order valence-corrected chi connectivity index (χ1v) is 9.35. The summed E-state index contributed by atoms with van der Waals surface area (Å²) < 4.78 is 0. The van der Waals surface area contributed by atoms with Crippen LogP contribution in [-0.4, -0.2) is 0 Å². The molecule has 2 aliphatic rings. The van der Waals surface area contributed by atoms with Crippen molar-refractivity contribution in [3.05, 3.63) is 0 Å². The van der Waals surface area contributed by atoms with Crippen LogP contribution in [-0.2, 0) is 0 Å². The normalized spacial score (nSPS) is 34.4. The van der Waals surface area contributed by atoms with Gasteiger partial charge in [0.05, 0.1) is 0 Å². The van der Waals surface area contributed by atoms with E-state index in [0.717, 1.165) is 23.7 Å². The van der Waals surface area contributed by atoms with Gasteiger partial charge in [-0.1, -0.05) is 71.6 Å². The van der Waals surface area contributed by atoms with Crippen LogP contribution in [0.4, 0.5) is 0 Å². The summed E-state index contributed by atoms with van der Waals surface area (Å²) >= 11 is 0. The predicted octanol–water partition coefficient (Wildman–Crippen LogP) is 6.59. The summed E-state index contributed by atoms with van der Waals surface area (Å²) in [6.07, 6.45) is 19.7. The van der Waals surface area contributed by atoms with Gasteiger partial charge in [-0.05, 0) is 49.4 Å². The molecule has 0 aromatic heterocycles. The van der Waals surface area contributed by atoms with Crippen molar-refractivity contribution >= 4 is 0 Å². The molecule has 0 nitrogen and oxygen atoms in total. The van der Waals surface area contributed by atoms with Crippen LogP contribution < -0.4 is 0 Å². The van der Waals surface area contributed by atoms with E-state index in [2.05, 4.69) is 13.8 Å². The van der Waals surface area contributed by atoms with E-state index in [-0.39, 0.29) is 0 Å². The molecule has 0 heterocycles. The molecule has 2 rings (SSSR count). The summed E-state index contributed by atoms with van der Waals surface area (Å²) in [4.78, 5) is 0. The summed E-state index contributed by atoms with van der Waals surface area (Å²) in [5.74, 6) is 4.49. The maximum absolute atomic E-state index is 2.33. The molecule has 2 saturated carbocycles. The maximum atomic E-state index is 2.33. The Balaban J connectivity index is 1.69. The SMILES string of the molecule is CCCCCC1CCC2C(CCCCC)CCC2C1. The molecule has 112 valence electrons. The van der Waals surface area contributed by atoms with Gasteiger partial charge in [0.25, 0.3) is 0 Å². The fourth-order valence-corrected chi connectivity index (χ4v) is 4.94. The van der Waals surface area contributed by atoms with Gasteiger partial charge >= 0.3 is 0 Å². The monoisotopic (exact) mass is 264 g/mol. The van der Waals surface area contributed by atoms with Crippen molar-refractivity contribution in [2.75, 3.05) is 0 Å². The van der Waals surface area contributed by atoms with E-state index < -0.39 is 0 Å². The summed E-state index contributed by atoms with van der Waals surface area (Å²) in [5, 5.41) is 0. The van der Waals surface area contributed by atoms with Crippen LogP contribution in [0.1, 0.15) is 97.3 Å². The Morgan fingerprint density at radius 2 is 1.47 bits per heavy atom. The third-order valence-corrected chi connectivity index (χ3v) is 6.06. The first-order valence-electron chi connectivity index (χ1n) is 9.35. The number of hydrogen-bond donors (Lipinski definition) is 0. The average Bonchev–Trinajstić information content (AvgIpc) is 2.82. The number of unbranched alkanes of at least 4 members (excludes halogenated alkanes) is 4. The molecule has 2 fully saturated rings. The van der Waals surface area contributed by atoms with E-state index in [1.807, 2.05) is 0 Å². The molecule has 0 aromatic rings. The lowest BCUT2D eigenvalue weighted by atomic mass is 9.71. The largest absolute Gasteiger partial charge is 0.0654 e. The molecule has 0 aromatic carbocycles. The van der Waals surface area contributed by atoms with Gasteiger partial charge in [0.2, 0.25) is 0 Å². The van der Waals surface area contributed by atoms with Gasteiger partial charge in [0.1, 0.15) is 0 Å². The van der Waals surface area contributed by atoms with Crippen molar-refractivity contribution in [1.29, 1.82) is 0 Å². The van der Waals surface area contributed by atoms with Gasteiger partial charge in [-0.3, -0.25) is 0 Å². The van der Waals surface area contributed by atoms with Gasteiger partial charge in [-0.15, -0.1) is 0 Å². The van der Waals surface area contributed by atoms with E-state index in [0.29, 0.717) is 0 Å². The van der Waals surface area contributed by atoms with Gasteiger partial charge < -0.3 is 0 Å². The molecule has 0 spiro atoms. The minimum Gasteiger partial charge on any atom is -0.0654 e. The summed E-state index contributed by atoms with van der Waals surface area (Å²) in [5.41, 5.74) is 0. The molecule has 0 bridgehead atoms. The number of rotatable bonds is 8. The smallest absolute Gasteiger partial charge is 0.0357 e. The Bertz CT molecular complexity index is 232. The zero-order valence-electron chi connectivity index (χ0n) is 13.5. The third kappa shape index (κ3) is 4.50. The molecule has 0 amide bonds. The maximum Gasteiger partial charge on any atom is -0.0357 e. The molecule has 0 heteroatoms. The minimum absolute atomic E-state index is 1.10. The Hall–Kier alpha value is 0. The predicted molar refractivity (Wildman–Crippen MR) is 85.3 cm³/mol. The van der Waals surface area contributed by atoms with Gasteiger partial charge in [-0.2, -0.15) is 0 Å². The van der Waals surface area contributed by atoms with Crippen molar-refractivity contribution in [2.24, 2.45) is 23.7 Å². The number of hydrogen-bond acceptors (Lipinski definition) is 0. The fourth-order valence-electron chi connectivity index (χ4n) is 4.94. The van der Waals surface area contributed by atoms with Gasteiger partial charge in [0.15, 0.2) is 0 Å². The van der Waals surface area contributed by atoms with Crippen LogP contribution in [0.3, 0.4) is 0 Å². The molecule has 2 aliphatic carbocycles. The Labute approximate surface area is 121 Å². The topological polar surface area (TPSA) is 0 Å². The van der Waals surface area contributed by atoms with E-state index in [1.54, 1.807) is 38.5 Å². The molecule has 0 aliphatic heterocycles. The third-order valence-electron chi connectivity index (χ3n) is 6.06. The van der Waals surface area contributed by atoms with Crippen LogP contribution in [0.15, 0.2) is 0 Å². The Kier molecular flexibility index (Phi) is 6.74. The quantitative estimate of drug-likeness (QED) is 0.434. The van der Waals surface area contributed by atoms with Crippen molar-refractivity contribution in [3.63, 3.8) is 0 Å². The Morgan fingerprint density at radius 1 is 0.737 bits per heavy atom. The molecule has 0 saturated heterocycles. The molecule has 4 atom stereocenters. The van der Waals surface area contributed by atoms with Crippen LogP contribution >= 0.6 is 0 Å². The lowest BCUT2D eigenvalue weighted by Gasteiger charge is -2.34. The Morgan fingerprint density at radius 3 is 2.21 bits per heavy atom. The fraction of sp³-hybridized carbons (Fsp3) is 1.00. The first-order chi connectivity index (χ1) is 9.35. The minimum atomic E-state index is 1.10. The number of fused-ring (bicyclic) bond motifs is 1. The van der Waals surface area contributed by atoms with Crippen LogP contribution in [0, 0.1) is 23.7 Å². The van der Waals surface area contributed by atoms with E-state index >= 15 is 0 Å². The molecular formula is C19H36. The molecule has 19 heavy (non-hydrogen) atoms. The zero-order valence-corrected chi connectivity index (χ0v) is 13.5. The lowest BCUT2D eigenvalue weighted by Crippen LogP contribution is -2.24. The van der Waals surface area contributed by atoms with Crippen LogP contribution in [0.2, 0.25) is 0 Å². The van der Waals surface area contributed by atoms with Gasteiger partial charge in [-0.25, -0.2) is 0 Å². The highest BCUT2D eigenvalue weighted by Crippen LogP contribution is 2.50. The highest BCUT2D eigenvalue weighted by Gasteiger charge is 2.39. The second-order valence-corrected chi connectivity index (χ2v) is 7.43. The first kappa shape index (κ1) is 15.4. The molecular weight excluding hydrogens is 228 g/mol. The average molecular weight is 264 g/mol. The summed E-state index contributed by atoms with van der Waals surface area (Å²) in [7, 11) is 0. The zero-order chi connectivity index (χ0) is 13.5. The van der Waals surface area contributed by atoms with Crippen molar-refractivity contribution < 1.29 is 0 Å². The second-order valence-electron chi connectivity index (χ2n) is 7.43. The summed E-state index contributed by atoms with van der Waals surface area (Å²) in [6.45, 7) is 4.66. The van der Waals surface area contributed by atoms with Crippen LogP contribution in [0.5, 0.6) is 0 Å². The van der Waals surface area contributed by atoms with E-state index in [4.69, 9.17) is 0 Å². The van der Waals surface area contributed by atoms with Crippen molar-refractivity contribution in [2.45, 2.75) is 97.3 Å². The van der Waals surface area contributed by atoms with E-state index in [9.17, 15) is 0 Å². The standard InChI is InChI=1S/C19H36/c1-3-5-7-9-16-11-14-19-17(10-8-6-4-2)12-13-18(19)15-16/h16-19H,3-15H2,1-2H3. The van der Waals surface area contributed by atoms with Gasteiger partial charge in [0, 0.05) is 0 Å². The highest BCUT2D eigenvalue weighted by molar-refractivity contribution is 4.89. The van der Waals surface area contributed by atoms with Crippen LogP contribution in [0.25, 0.3) is 0 Å². The second kappa shape index (κ2) is 8.32. The lowest BCUT2D eigenvalue weighted by molar-refractivity contribution is 0.162. The van der Waals surface area contributed by atoms with Crippen molar-refractivity contribution in [1.82, 2.24) is 0 Å². The highest BCUT2D eigenvalue weighted by atomic mass is 14.4. The van der Waals surface area contributed by atoms with Crippen molar-refractivity contribution in [3.8, 4) is 0 Å². The van der Waals surface area contributed by atoms with E-state index in [1.165, 1.54) is 44.9 Å². The summed E-state index contributed by atoms with van der Waals surface area (Å²) in [6, 6.07) is 0. The molecule has 4 unspecified atom stereocenters. The molecule has 0 radical (unpaired) electrons. The molecule has 0 N–H and O–H groups in total.